The fourth-order valence-corrected chi connectivity index (χ4v) is 4.71. The SMILES string of the molecule is O=C1CO[C@]2(CCCN(Cc3ccc4cc[nH]c4c3)CC2)CN1c1ccc(F)cc1. The molecule has 2 aromatic carbocycles. The number of rotatable bonds is 3. The Morgan fingerprint density at radius 2 is 1.93 bits per heavy atom. The summed E-state index contributed by atoms with van der Waals surface area (Å²) in [5, 5.41) is 1.23. The number of carbonyl (C=O) groups is 1. The second kappa shape index (κ2) is 7.85. The van der Waals surface area contributed by atoms with Crippen LogP contribution in [0.5, 0.6) is 0 Å². The van der Waals surface area contributed by atoms with Crippen LogP contribution >= 0.6 is 0 Å². The first-order valence-corrected chi connectivity index (χ1v) is 10.6. The Bertz CT molecular complexity index is 1050. The maximum Gasteiger partial charge on any atom is 0.253 e. The van der Waals surface area contributed by atoms with Crippen LogP contribution in [0.1, 0.15) is 24.8 Å². The molecule has 0 radical (unpaired) electrons. The van der Waals surface area contributed by atoms with Crippen LogP contribution in [-0.4, -0.2) is 47.6 Å². The molecule has 6 heteroatoms. The van der Waals surface area contributed by atoms with E-state index < -0.39 is 0 Å². The molecule has 3 aromatic rings. The van der Waals surface area contributed by atoms with E-state index in [1.807, 2.05) is 6.20 Å². The van der Waals surface area contributed by atoms with Crippen molar-refractivity contribution in [2.24, 2.45) is 0 Å². The first kappa shape index (κ1) is 19.3. The number of nitrogens with zero attached hydrogens (tertiary/aromatic N) is 2. The smallest absolute Gasteiger partial charge is 0.253 e. The lowest BCUT2D eigenvalue weighted by molar-refractivity contribution is -0.140. The lowest BCUT2D eigenvalue weighted by Crippen LogP contribution is -2.55. The molecule has 0 unspecified atom stereocenters. The summed E-state index contributed by atoms with van der Waals surface area (Å²) >= 11 is 0. The van der Waals surface area contributed by atoms with E-state index in [1.54, 1.807) is 17.0 Å². The number of amides is 1. The normalized spacial score (nSPS) is 23.2. The molecule has 0 aliphatic carbocycles. The van der Waals surface area contributed by atoms with Gasteiger partial charge in [-0.25, -0.2) is 4.39 Å². The molecule has 1 amide bonds. The zero-order valence-corrected chi connectivity index (χ0v) is 16.9. The van der Waals surface area contributed by atoms with Crippen LogP contribution in [0.25, 0.3) is 10.9 Å². The minimum absolute atomic E-state index is 0.0624. The number of aromatic nitrogens is 1. The average molecular weight is 407 g/mol. The van der Waals surface area contributed by atoms with Crippen molar-refractivity contribution in [1.29, 1.82) is 0 Å². The van der Waals surface area contributed by atoms with Crippen molar-refractivity contribution in [2.45, 2.75) is 31.4 Å². The van der Waals surface area contributed by atoms with Gasteiger partial charge in [0.15, 0.2) is 0 Å². The van der Waals surface area contributed by atoms with Crippen LogP contribution in [-0.2, 0) is 16.1 Å². The Balaban J connectivity index is 1.28. The average Bonchev–Trinajstić information content (AvgIpc) is 3.14. The Morgan fingerprint density at radius 3 is 2.80 bits per heavy atom. The minimum Gasteiger partial charge on any atom is -0.363 e. The van der Waals surface area contributed by atoms with Crippen LogP contribution in [0.4, 0.5) is 10.1 Å². The van der Waals surface area contributed by atoms with Gasteiger partial charge in [0.1, 0.15) is 12.4 Å². The van der Waals surface area contributed by atoms with Crippen LogP contribution in [0, 0.1) is 5.82 Å². The van der Waals surface area contributed by atoms with Gasteiger partial charge in [0.25, 0.3) is 5.91 Å². The Kier molecular flexibility index (Phi) is 5.05. The van der Waals surface area contributed by atoms with Crippen LogP contribution in [0.15, 0.2) is 54.7 Å². The fraction of sp³-hybridized carbons (Fsp3) is 0.375. The van der Waals surface area contributed by atoms with Crippen LogP contribution < -0.4 is 4.90 Å². The van der Waals surface area contributed by atoms with Crippen molar-refractivity contribution in [3.8, 4) is 0 Å². The molecule has 2 fully saturated rings. The monoisotopic (exact) mass is 407 g/mol. The van der Waals surface area contributed by atoms with Gasteiger partial charge in [-0.05, 0) is 73.2 Å². The van der Waals surface area contributed by atoms with Crippen molar-refractivity contribution < 1.29 is 13.9 Å². The second-order valence-electron chi connectivity index (χ2n) is 8.46. The highest BCUT2D eigenvalue weighted by molar-refractivity contribution is 5.95. The number of likely N-dealkylation sites (tertiary alicyclic amines) is 1. The molecule has 0 bridgehead atoms. The number of hydrogen-bond acceptors (Lipinski definition) is 3. The molecule has 3 heterocycles. The minimum atomic E-state index is -0.333. The van der Waals surface area contributed by atoms with Gasteiger partial charge < -0.3 is 14.6 Å². The molecular weight excluding hydrogens is 381 g/mol. The Labute approximate surface area is 175 Å². The van der Waals surface area contributed by atoms with Crippen LogP contribution in [0.2, 0.25) is 0 Å². The van der Waals surface area contributed by atoms with Crippen molar-refractivity contribution in [3.63, 3.8) is 0 Å². The second-order valence-corrected chi connectivity index (χ2v) is 8.46. The number of morpholine rings is 1. The molecule has 5 nitrogen and oxygen atoms in total. The first-order chi connectivity index (χ1) is 14.6. The number of nitrogens with one attached hydrogen (secondary N) is 1. The maximum absolute atomic E-state index is 13.3. The third-order valence-corrected chi connectivity index (χ3v) is 6.40. The third kappa shape index (κ3) is 3.85. The molecule has 1 spiro atoms. The van der Waals surface area contributed by atoms with Crippen molar-refractivity contribution >= 4 is 22.5 Å². The highest BCUT2D eigenvalue weighted by Crippen LogP contribution is 2.33. The molecule has 1 N–H and O–H groups in total. The topological polar surface area (TPSA) is 48.6 Å². The number of aromatic amines is 1. The van der Waals surface area contributed by atoms with Gasteiger partial charge in [-0.1, -0.05) is 12.1 Å². The molecular formula is C24H26FN3O2. The first-order valence-electron chi connectivity index (χ1n) is 10.6. The van der Waals surface area contributed by atoms with Crippen LogP contribution in [0.3, 0.4) is 0 Å². The van der Waals surface area contributed by atoms with Gasteiger partial charge in [0, 0.05) is 30.5 Å². The number of anilines is 1. The lowest BCUT2D eigenvalue weighted by Gasteiger charge is -2.42. The molecule has 30 heavy (non-hydrogen) atoms. The van der Waals surface area contributed by atoms with Gasteiger partial charge in [-0.3, -0.25) is 9.69 Å². The fourth-order valence-electron chi connectivity index (χ4n) is 4.71. The maximum atomic E-state index is 13.3. The molecule has 2 aliphatic rings. The van der Waals surface area contributed by atoms with Crippen molar-refractivity contribution in [1.82, 2.24) is 9.88 Å². The molecule has 0 saturated carbocycles. The number of halogens is 1. The molecule has 156 valence electrons. The standard InChI is InChI=1S/C24H26FN3O2/c25-20-4-6-21(7-5-20)28-17-24(30-16-23(28)29)9-1-12-27(13-10-24)15-18-2-3-19-8-11-26-22(19)14-18/h2-8,11,14,26H,1,9-10,12-13,15-17H2/t24-/m0/s1. The summed E-state index contributed by atoms with van der Waals surface area (Å²) in [4.78, 5) is 20.0. The molecule has 1 atom stereocenters. The van der Waals surface area contributed by atoms with Gasteiger partial charge in [0.05, 0.1) is 12.1 Å². The van der Waals surface area contributed by atoms with E-state index in [2.05, 4.69) is 34.1 Å². The van der Waals surface area contributed by atoms with Gasteiger partial charge in [-0.15, -0.1) is 0 Å². The highest BCUT2D eigenvalue weighted by atomic mass is 19.1. The number of fused-ring (bicyclic) bond motifs is 1. The summed E-state index contributed by atoms with van der Waals surface area (Å²) in [6.07, 6.45) is 4.79. The number of carbonyl (C=O) groups excluding carboxylic acids is 1. The number of ether oxygens (including phenoxy) is 1. The third-order valence-electron chi connectivity index (χ3n) is 6.40. The largest absolute Gasteiger partial charge is 0.363 e. The predicted octanol–water partition coefficient (Wildman–Crippen LogP) is 4.10. The van der Waals surface area contributed by atoms with E-state index >= 15 is 0 Å². The van der Waals surface area contributed by atoms with E-state index in [9.17, 15) is 9.18 Å². The number of hydrogen-bond donors (Lipinski definition) is 1. The van der Waals surface area contributed by atoms with Gasteiger partial charge in [-0.2, -0.15) is 0 Å². The molecule has 5 rings (SSSR count). The summed E-state index contributed by atoms with van der Waals surface area (Å²) in [7, 11) is 0. The van der Waals surface area contributed by atoms with Crippen molar-refractivity contribution in [2.75, 3.05) is 31.1 Å². The highest BCUT2D eigenvalue weighted by Gasteiger charge is 2.41. The molecule has 2 saturated heterocycles. The molecule has 2 aliphatic heterocycles. The van der Waals surface area contributed by atoms with E-state index in [-0.39, 0.29) is 23.9 Å². The summed E-state index contributed by atoms with van der Waals surface area (Å²) in [5.74, 6) is -0.357. The lowest BCUT2D eigenvalue weighted by atomic mass is 9.92. The Hall–Kier alpha value is -2.70. The summed E-state index contributed by atoms with van der Waals surface area (Å²) in [6.45, 7) is 3.46. The zero-order chi connectivity index (χ0) is 20.6. The number of H-pyrrole nitrogens is 1. The van der Waals surface area contributed by atoms with E-state index in [0.717, 1.165) is 44.6 Å². The van der Waals surface area contributed by atoms with E-state index in [1.165, 1.54) is 28.6 Å². The van der Waals surface area contributed by atoms with Gasteiger partial charge in [0.2, 0.25) is 0 Å². The Morgan fingerprint density at radius 1 is 1.07 bits per heavy atom. The number of benzene rings is 2. The molecule has 1 aromatic heterocycles. The predicted molar refractivity (Wildman–Crippen MR) is 115 cm³/mol. The summed E-state index contributed by atoms with van der Waals surface area (Å²) < 4.78 is 19.4. The van der Waals surface area contributed by atoms with E-state index in [0.29, 0.717) is 6.54 Å². The summed E-state index contributed by atoms with van der Waals surface area (Å²) in [6, 6.07) is 14.8. The van der Waals surface area contributed by atoms with Crippen molar-refractivity contribution in [3.05, 3.63) is 66.1 Å². The quantitative estimate of drug-likeness (QED) is 0.711. The summed E-state index contributed by atoms with van der Waals surface area (Å²) in [5.41, 5.74) is 2.88. The van der Waals surface area contributed by atoms with E-state index in [4.69, 9.17) is 4.74 Å². The zero-order valence-electron chi connectivity index (χ0n) is 16.9. The van der Waals surface area contributed by atoms with Gasteiger partial charge >= 0.3 is 0 Å².